The zero-order valence-electron chi connectivity index (χ0n) is 9.73. The minimum absolute atomic E-state index is 0.00635. The number of allylic oxidation sites excluding steroid dienone is 2. The van der Waals surface area contributed by atoms with Crippen molar-refractivity contribution in [3.8, 4) is 0 Å². The van der Waals surface area contributed by atoms with Crippen LogP contribution in [0, 0.1) is 0 Å². The third-order valence-electron chi connectivity index (χ3n) is 3.12. The second kappa shape index (κ2) is 4.36. The van der Waals surface area contributed by atoms with Crippen LogP contribution in [-0.4, -0.2) is 26.9 Å². The Morgan fingerprint density at radius 1 is 1.06 bits per heavy atom. The molecule has 1 aromatic rings. The molecule has 0 spiro atoms. The summed E-state index contributed by atoms with van der Waals surface area (Å²) in [7, 11) is 0. The molecule has 18 heavy (non-hydrogen) atoms. The first kappa shape index (κ1) is 12.5. The van der Waals surface area contributed by atoms with Crippen LogP contribution >= 0.6 is 0 Å². The molecule has 0 aromatic heterocycles. The number of hydrogen-bond acceptors (Lipinski definition) is 5. The minimum atomic E-state index is -0.693. The average molecular weight is 248 g/mol. The van der Waals surface area contributed by atoms with Gasteiger partial charge in [-0.25, -0.2) is 0 Å². The third-order valence-corrected chi connectivity index (χ3v) is 3.12. The Morgan fingerprint density at radius 2 is 1.72 bits per heavy atom. The molecule has 0 heterocycles. The fourth-order valence-electron chi connectivity index (χ4n) is 2.07. The first-order valence-electron chi connectivity index (χ1n) is 5.38. The van der Waals surface area contributed by atoms with Crippen LogP contribution in [0.25, 0.3) is 0 Å². The third kappa shape index (κ3) is 1.56. The molecule has 94 valence electrons. The molecule has 1 aliphatic rings. The minimum Gasteiger partial charge on any atom is -0.504 e. The van der Waals surface area contributed by atoms with Crippen LogP contribution in [0.1, 0.15) is 38.8 Å². The van der Waals surface area contributed by atoms with Crippen molar-refractivity contribution in [3.05, 3.63) is 45.7 Å². The summed E-state index contributed by atoms with van der Waals surface area (Å²) in [5.74, 6) is -1.74. The van der Waals surface area contributed by atoms with E-state index in [9.17, 15) is 19.8 Å². The second-order valence-electron chi connectivity index (χ2n) is 4.07. The van der Waals surface area contributed by atoms with E-state index in [2.05, 4.69) is 0 Å². The molecule has 0 unspecified atom stereocenters. The zero-order chi connectivity index (χ0) is 13.4. The molecular weight excluding hydrogens is 236 g/mol. The molecule has 0 aliphatic heterocycles. The van der Waals surface area contributed by atoms with Crippen LogP contribution in [0.2, 0.25) is 0 Å². The molecule has 0 amide bonds. The van der Waals surface area contributed by atoms with Crippen LogP contribution in [0.5, 0.6) is 0 Å². The summed E-state index contributed by atoms with van der Waals surface area (Å²) in [5, 5.41) is 28.0. The van der Waals surface area contributed by atoms with E-state index in [-0.39, 0.29) is 28.9 Å². The van der Waals surface area contributed by atoms with Gasteiger partial charge in [0.1, 0.15) is 0 Å². The molecule has 5 heteroatoms. The van der Waals surface area contributed by atoms with Gasteiger partial charge in [0.25, 0.3) is 0 Å². The predicted octanol–water partition coefficient (Wildman–Crippen LogP) is 0.882. The number of carbonyl (C=O) groups is 2. The number of fused-ring (bicyclic) bond motifs is 1. The van der Waals surface area contributed by atoms with E-state index in [0.717, 1.165) is 0 Å². The van der Waals surface area contributed by atoms with Crippen LogP contribution in [0.15, 0.2) is 23.5 Å². The lowest BCUT2D eigenvalue weighted by molar-refractivity contribution is 0.0926. The normalized spacial score (nSPS) is 15.1. The van der Waals surface area contributed by atoms with E-state index in [4.69, 9.17) is 5.11 Å². The highest BCUT2D eigenvalue weighted by Crippen LogP contribution is 2.29. The number of benzene rings is 1. The van der Waals surface area contributed by atoms with Gasteiger partial charge in [-0.2, -0.15) is 0 Å². The van der Waals surface area contributed by atoms with Gasteiger partial charge in [-0.05, 0) is 24.1 Å². The Labute approximate surface area is 103 Å². The Balaban J connectivity index is 2.78. The van der Waals surface area contributed by atoms with Crippen molar-refractivity contribution in [2.45, 2.75) is 20.1 Å². The molecule has 5 nitrogen and oxygen atoms in total. The highest BCUT2D eigenvalue weighted by molar-refractivity contribution is 6.26. The highest BCUT2D eigenvalue weighted by atomic mass is 16.3. The van der Waals surface area contributed by atoms with Crippen molar-refractivity contribution in [1.82, 2.24) is 0 Å². The number of Topliss-reactive ketones (excluding diaryl/α,β-unsaturated/α-hetero) is 2. The SMILES string of the molecule is CC1=C(O)C(=O)c2c(ccc(CO)c2CO)C1=O. The van der Waals surface area contributed by atoms with Crippen LogP contribution in [0.3, 0.4) is 0 Å². The van der Waals surface area contributed by atoms with Gasteiger partial charge in [-0.1, -0.05) is 6.07 Å². The molecule has 1 aromatic carbocycles. The first-order valence-corrected chi connectivity index (χ1v) is 5.38. The Kier molecular flexibility index (Phi) is 3.02. The molecule has 0 radical (unpaired) electrons. The van der Waals surface area contributed by atoms with E-state index in [1.165, 1.54) is 19.1 Å². The topological polar surface area (TPSA) is 94.8 Å². The highest BCUT2D eigenvalue weighted by Gasteiger charge is 2.32. The van der Waals surface area contributed by atoms with Crippen molar-refractivity contribution in [2.75, 3.05) is 0 Å². The Morgan fingerprint density at radius 3 is 2.28 bits per heavy atom. The predicted molar refractivity (Wildman–Crippen MR) is 62.3 cm³/mol. The molecular formula is C13H12O5. The maximum atomic E-state index is 12.0. The van der Waals surface area contributed by atoms with Gasteiger partial charge >= 0.3 is 0 Å². The number of hydrogen-bond donors (Lipinski definition) is 3. The van der Waals surface area contributed by atoms with Crippen LogP contribution in [-0.2, 0) is 13.2 Å². The summed E-state index contributed by atoms with van der Waals surface area (Å²) >= 11 is 0. The van der Waals surface area contributed by atoms with E-state index >= 15 is 0 Å². The summed E-state index contributed by atoms with van der Waals surface area (Å²) in [6.07, 6.45) is 0. The molecule has 0 saturated heterocycles. The largest absolute Gasteiger partial charge is 0.504 e. The second-order valence-corrected chi connectivity index (χ2v) is 4.07. The molecule has 2 rings (SSSR count). The Bertz CT molecular complexity index is 583. The van der Waals surface area contributed by atoms with Gasteiger partial charge in [0.2, 0.25) is 5.78 Å². The van der Waals surface area contributed by atoms with Crippen molar-refractivity contribution in [2.24, 2.45) is 0 Å². The van der Waals surface area contributed by atoms with Gasteiger partial charge in [-0.15, -0.1) is 0 Å². The number of carbonyl (C=O) groups excluding carboxylic acids is 2. The maximum absolute atomic E-state index is 12.0. The first-order chi connectivity index (χ1) is 8.52. The van der Waals surface area contributed by atoms with Gasteiger partial charge in [0.05, 0.1) is 13.2 Å². The number of ketones is 2. The van der Waals surface area contributed by atoms with E-state index in [1.54, 1.807) is 0 Å². The molecule has 3 N–H and O–H groups in total. The van der Waals surface area contributed by atoms with Gasteiger partial charge in [0.15, 0.2) is 11.5 Å². The summed E-state index contributed by atoms with van der Waals surface area (Å²) in [4.78, 5) is 23.9. The number of aliphatic hydroxyl groups is 3. The lowest BCUT2D eigenvalue weighted by Gasteiger charge is -2.19. The molecule has 0 saturated carbocycles. The maximum Gasteiger partial charge on any atom is 0.228 e. The lowest BCUT2D eigenvalue weighted by atomic mass is 9.84. The Hall–Kier alpha value is -1.98. The monoisotopic (exact) mass is 248 g/mol. The van der Waals surface area contributed by atoms with Gasteiger partial charge in [0, 0.05) is 16.7 Å². The number of rotatable bonds is 2. The van der Waals surface area contributed by atoms with Crippen molar-refractivity contribution < 1.29 is 24.9 Å². The standard InChI is InChI=1S/C13H12O5/c1-6-11(16)8-3-2-7(4-14)9(5-15)10(8)13(18)12(6)17/h2-3,14-15,17H,4-5H2,1H3. The average Bonchev–Trinajstić information content (AvgIpc) is 2.40. The summed E-state index contributed by atoms with van der Waals surface area (Å²) in [5.41, 5.74) is 0.680. The van der Waals surface area contributed by atoms with Crippen molar-refractivity contribution >= 4 is 11.6 Å². The summed E-state index contributed by atoms with van der Waals surface area (Å²) in [6, 6.07) is 2.92. The van der Waals surface area contributed by atoms with E-state index in [0.29, 0.717) is 5.56 Å². The van der Waals surface area contributed by atoms with E-state index < -0.39 is 23.9 Å². The van der Waals surface area contributed by atoms with Crippen molar-refractivity contribution in [1.29, 1.82) is 0 Å². The smallest absolute Gasteiger partial charge is 0.228 e. The molecule has 0 bridgehead atoms. The van der Waals surface area contributed by atoms with Gasteiger partial charge < -0.3 is 15.3 Å². The number of aliphatic hydroxyl groups excluding tert-OH is 3. The van der Waals surface area contributed by atoms with Gasteiger partial charge in [-0.3, -0.25) is 9.59 Å². The summed E-state index contributed by atoms with van der Waals surface area (Å²) < 4.78 is 0. The quantitative estimate of drug-likeness (QED) is 0.722. The molecule has 0 atom stereocenters. The lowest BCUT2D eigenvalue weighted by Crippen LogP contribution is -2.23. The zero-order valence-corrected chi connectivity index (χ0v) is 9.73. The summed E-state index contributed by atoms with van der Waals surface area (Å²) in [6.45, 7) is 0.537. The molecule has 0 fully saturated rings. The molecule has 1 aliphatic carbocycles. The van der Waals surface area contributed by atoms with E-state index in [1.807, 2.05) is 0 Å². The van der Waals surface area contributed by atoms with Crippen LogP contribution in [0.4, 0.5) is 0 Å². The van der Waals surface area contributed by atoms with Crippen molar-refractivity contribution in [3.63, 3.8) is 0 Å². The fraction of sp³-hybridized carbons (Fsp3) is 0.231. The van der Waals surface area contributed by atoms with Crippen LogP contribution < -0.4 is 0 Å². The fourth-order valence-corrected chi connectivity index (χ4v) is 2.07.